The fourth-order valence-corrected chi connectivity index (χ4v) is 3.60. The highest BCUT2D eigenvalue weighted by atomic mass is 79.9. The average molecular weight is 495 g/mol. The molecular weight excluding hydrogens is 473 g/mol. The van der Waals surface area contributed by atoms with Gasteiger partial charge < -0.3 is 14.8 Å². The Labute approximate surface area is 190 Å². The monoisotopic (exact) mass is 493 g/mol. The lowest BCUT2D eigenvalue weighted by Gasteiger charge is -2.16. The lowest BCUT2D eigenvalue weighted by atomic mass is 10.1. The molecule has 0 heterocycles. The maximum absolute atomic E-state index is 6.23. The van der Waals surface area contributed by atoms with Crippen molar-refractivity contribution in [3.05, 3.63) is 91.9 Å². The number of hydrogen-bond acceptors (Lipinski definition) is 3. The molecule has 6 heteroatoms. The maximum atomic E-state index is 6.23. The van der Waals surface area contributed by atoms with Crippen LogP contribution in [0.15, 0.2) is 65.1 Å². The zero-order chi connectivity index (χ0) is 20.6. The fraction of sp³-hybridized carbons (Fsp3) is 0.217. The molecule has 0 radical (unpaired) electrons. The van der Waals surface area contributed by atoms with Gasteiger partial charge in [-0.3, -0.25) is 0 Å². The summed E-state index contributed by atoms with van der Waals surface area (Å²) in [4.78, 5) is 0. The van der Waals surface area contributed by atoms with Crippen LogP contribution < -0.4 is 14.8 Å². The predicted octanol–water partition coefficient (Wildman–Crippen LogP) is 7.02. The third-order valence-corrected chi connectivity index (χ3v) is 5.67. The summed E-state index contributed by atoms with van der Waals surface area (Å²) >= 11 is 15.8. The summed E-state index contributed by atoms with van der Waals surface area (Å²) in [7, 11) is 0. The quantitative estimate of drug-likeness (QED) is 0.346. The first kappa shape index (κ1) is 22.0. The van der Waals surface area contributed by atoms with Gasteiger partial charge >= 0.3 is 0 Å². The zero-order valence-corrected chi connectivity index (χ0v) is 19.2. The summed E-state index contributed by atoms with van der Waals surface area (Å²) in [5.74, 6) is 1.42. The molecule has 0 aliphatic rings. The van der Waals surface area contributed by atoms with Gasteiger partial charge in [0.25, 0.3) is 0 Å². The first-order valence-electron chi connectivity index (χ1n) is 9.33. The van der Waals surface area contributed by atoms with Crippen LogP contribution in [0.1, 0.15) is 23.6 Å². The van der Waals surface area contributed by atoms with Gasteiger partial charge in [-0.2, -0.15) is 0 Å². The topological polar surface area (TPSA) is 30.5 Å². The molecule has 0 saturated heterocycles. The summed E-state index contributed by atoms with van der Waals surface area (Å²) in [5.41, 5.74) is 3.19. The second kappa shape index (κ2) is 10.9. The molecule has 0 saturated carbocycles. The Hall–Kier alpha value is -1.72. The van der Waals surface area contributed by atoms with Crippen molar-refractivity contribution in [2.75, 3.05) is 6.61 Å². The fourth-order valence-electron chi connectivity index (χ4n) is 2.81. The van der Waals surface area contributed by atoms with E-state index >= 15 is 0 Å². The molecule has 152 valence electrons. The minimum atomic E-state index is 0.438. The second-order valence-corrected chi connectivity index (χ2v) is 8.13. The van der Waals surface area contributed by atoms with Crippen LogP contribution in [0, 0.1) is 0 Å². The normalized spacial score (nSPS) is 10.8. The number of halogens is 3. The molecular formula is C23H22BrCl2NO2. The Balaban J connectivity index is 1.68. The van der Waals surface area contributed by atoms with Crippen molar-refractivity contribution in [3.8, 4) is 11.5 Å². The Kier molecular flexibility index (Phi) is 8.25. The first-order valence-corrected chi connectivity index (χ1v) is 10.9. The average Bonchev–Trinajstić information content (AvgIpc) is 2.71. The van der Waals surface area contributed by atoms with Gasteiger partial charge in [0.15, 0.2) is 11.5 Å². The van der Waals surface area contributed by atoms with E-state index in [9.17, 15) is 0 Å². The lowest BCUT2D eigenvalue weighted by molar-refractivity contribution is 0.269. The van der Waals surface area contributed by atoms with Gasteiger partial charge in [-0.15, -0.1) is 0 Å². The molecule has 0 amide bonds. The van der Waals surface area contributed by atoms with Crippen LogP contribution in [0.25, 0.3) is 0 Å². The molecule has 3 rings (SSSR count). The van der Waals surface area contributed by atoms with Gasteiger partial charge in [0.1, 0.15) is 6.61 Å². The molecule has 0 atom stereocenters. The van der Waals surface area contributed by atoms with Crippen molar-refractivity contribution in [2.45, 2.75) is 26.6 Å². The van der Waals surface area contributed by atoms with Crippen LogP contribution in [0.2, 0.25) is 10.0 Å². The first-order chi connectivity index (χ1) is 14.1. The van der Waals surface area contributed by atoms with Gasteiger partial charge in [0, 0.05) is 27.6 Å². The van der Waals surface area contributed by atoms with Gasteiger partial charge in [-0.1, -0.05) is 69.5 Å². The number of benzene rings is 3. The van der Waals surface area contributed by atoms with Crippen LogP contribution in [0.3, 0.4) is 0 Å². The van der Waals surface area contributed by atoms with Gasteiger partial charge in [0.2, 0.25) is 0 Å². The van der Waals surface area contributed by atoms with E-state index in [1.54, 1.807) is 0 Å². The van der Waals surface area contributed by atoms with E-state index in [1.807, 2.05) is 67.6 Å². The molecule has 3 nitrogen and oxygen atoms in total. The Morgan fingerprint density at radius 3 is 2.28 bits per heavy atom. The molecule has 0 spiro atoms. The van der Waals surface area contributed by atoms with Gasteiger partial charge in [-0.05, 0) is 53.9 Å². The van der Waals surface area contributed by atoms with Crippen molar-refractivity contribution in [3.63, 3.8) is 0 Å². The van der Waals surface area contributed by atoms with Gasteiger partial charge in [-0.25, -0.2) is 0 Å². The van der Waals surface area contributed by atoms with E-state index in [0.29, 0.717) is 37.1 Å². The SMILES string of the molecule is CCOc1cc(CNCc2ccccc2Cl)c(Br)cc1OCc1ccc(Cl)cc1. The Morgan fingerprint density at radius 2 is 1.55 bits per heavy atom. The number of hydrogen-bond donors (Lipinski definition) is 1. The highest BCUT2D eigenvalue weighted by Gasteiger charge is 2.12. The standard InChI is InChI=1S/C23H22BrCl2NO2/c1-2-28-22-11-18(14-27-13-17-5-3-4-6-21(17)26)20(24)12-23(22)29-15-16-7-9-19(25)10-8-16/h3-12,27H,2,13-15H2,1H3. The Bertz CT molecular complexity index is 948. The summed E-state index contributed by atoms with van der Waals surface area (Å²) < 4.78 is 12.8. The molecule has 3 aromatic rings. The molecule has 0 bridgehead atoms. The van der Waals surface area contributed by atoms with Gasteiger partial charge in [0.05, 0.1) is 6.61 Å². The van der Waals surface area contributed by atoms with E-state index in [1.165, 1.54) is 0 Å². The molecule has 0 fully saturated rings. The second-order valence-electron chi connectivity index (χ2n) is 6.43. The van der Waals surface area contributed by atoms with E-state index < -0.39 is 0 Å². The lowest BCUT2D eigenvalue weighted by Crippen LogP contribution is -2.13. The van der Waals surface area contributed by atoms with Crippen molar-refractivity contribution in [1.82, 2.24) is 5.32 Å². The zero-order valence-electron chi connectivity index (χ0n) is 16.1. The molecule has 0 aliphatic carbocycles. The van der Waals surface area contributed by atoms with Crippen LogP contribution in [0.4, 0.5) is 0 Å². The minimum Gasteiger partial charge on any atom is -0.490 e. The third kappa shape index (κ3) is 6.38. The van der Waals surface area contributed by atoms with Crippen molar-refractivity contribution in [2.24, 2.45) is 0 Å². The number of rotatable bonds is 9. The van der Waals surface area contributed by atoms with E-state index in [2.05, 4.69) is 21.2 Å². The van der Waals surface area contributed by atoms with Crippen LogP contribution in [-0.4, -0.2) is 6.61 Å². The van der Waals surface area contributed by atoms with E-state index in [4.69, 9.17) is 32.7 Å². The number of ether oxygens (including phenoxy) is 2. The molecule has 1 N–H and O–H groups in total. The van der Waals surface area contributed by atoms with E-state index in [0.717, 1.165) is 31.9 Å². The molecule has 3 aromatic carbocycles. The summed E-state index contributed by atoms with van der Waals surface area (Å²) in [6, 6.07) is 19.4. The van der Waals surface area contributed by atoms with Crippen LogP contribution >= 0.6 is 39.1 Å². The Morgan fingerprint density at radius 1 is 0.862 bits per heavy atom. The molecule has 0 aromatic heterocycles. The highest BCUT2D eigenvalue weighted by molar-refractivity contribution is 9.10. The summed E-state index contributed by atoms with van der Waals surface area (Å²) in [6.07, 6.45) is 0. The predicted molar refractivity (Wildman–Crippen MR) is 123 cm³/mol. The summed E-state index contributed by atoms with van der Waals surface area (Å²) in [5, 5.41) is 4.90. The van der Waals surface area contributed by atoms with Crippen molar-refractivity contribution < 1.29 is 9.47 Å². The van der Waals surface area contributed by atoms with Crippen molar-refractivity contribution >= 4 is 39.1 Å². The molecule has 0 unspecified atom stereocenters. The highest BCUT2D eigenvalue weighted by Crippen LogP contribution is 2.34. The number of nitrogens with one attached hydrogen (secondary N) is 1. The minimum absolute atomic E-state index is 0.438. The largest absolute Gasteiger partial charge is 0.490 e. The van der Waals surface area contributed by atoms with E-state index in [-0.39, 0.29) is 0 Å². The third-order valence-electron chi connectivity index (χ3n) is 4.31. The van der Waals surface area contributed by atoms with Crippen LogP contribution in [-0.2, 0) is 19.7 Å². The van der Waals surface area contributed by atoms with Crippen LogP contribution in [0.5, 0.6) is 11.5 Å². The summed E-state index contributed by atoms with van der Waals surface area (Å²) in [6.45, 7) is 4.31. The van der Waals surface area contributed by atoms with Crippen molar-refractivity contribution in [1.29, 1.82) is 0 Å². The maximum Gasteiger partial charge on any atom is 0.162 e. The smallest absolute Gasteiger partial charge is 0.162 e. The molecule has 0 aliphatic heterocycles. The molecule has 29 heavy (non-hydrogen) atoms.